The molecule has 2 heterocycles. The SMILES string of the molecule is CCOC(=O)N1C=CC=C(N2CCC(C#N)(C(=O)O)CC2)C=C1. The van der Waals surface area contributed by atoms with Gasteiger partial charge in [0.1, 0.15) is 0 Å². The van der Waals surface area contributed by atoms with Crippen LogP contribution >= 0.6 is 0 Å². The van der Waals surface area contributed by atoms with Crippen LogP contribution in [0.25, 0.3) is 0 Å². The molecule has 2 rings (SSSR count). The summed E-state index contributed by atoms with van der Waals surface area (Å²) in [7, 11) is 0. The van der Waals surface area contributed by atoms with E-state index in [0.29, 0.717) is 19.7 Å². The van der Waals surface area contributed by atoms with Gasteiger partial charge in [-0.3, -0.25) is 9.69 Å². The van der Waals surface area contributed by atoms with Crippen molar-refractivity contribution in [2.24, 2.45) is 5.41 Å². The predicted molar refractivity (Wildman–Crippen MR) is 81.7 cm³/mol. The summed E-state index contributed by atoms with van der Waals surface area (Å²) in [5.74, 6) is -1.06. The Kier molecular flexibility index (Phi) is 5.06. The standard InChI is InChI=1S/C16H19N3O4/c1-2-23-15(22)19-8-3-4-13(5-9-19)18-10-6-16(12-17,7-11-18)14(20)21/h3-5,8-9H,2,6-7,10-11H2,1H3,(H,20,21). The van der Waals surface area contributed by atoms with Crippen molar-refractivity contribution in [3.05, 3.63) is 36.3 Å². The Morgan fingerprint density at radius 1 is 1.39 bits per heavy atom. The third-order valence-electron chi connectivity index (χ3n) is 4.00. The van der Waals surface area contributed by atoms with Gasteiger partial charge in [0.2, 0.25) is 0 Å². The highest BCUT2D eigenvalue weighted by Crippen LogP contribution is 2.32. The molecule has 0 atom stereocenters. The number of ether oxygens (including phenoxy) is 1. The van der Waals surface area contributed by atoms with E-state index in [1.165, 1.54) is 4.90 Å². The van der Waals surface area contributed by atoms with E-state index in [9.17, 15) is 14.7 Å². The van der Waals surface area contributed by atoms with Crippen molar-refractivity contribution in [3.8, 4) is 6.07 Å². The second-order valence-corrected chi connectivity index (χ2v) is 5.34. The van der Waals surface area contributed by atoms with Crippen molar-refractivity contribution in [1.82, 2.24) is 9.80 Å². The van der Waals surface area contributed by atoms with E-state index in [0.717, 1.165) is 5.70 Å². The number of carboxylic acid groups (broad SMARTS) is 1. The fraction of sp³-hybridized carbons (Fsp3) is 0.438. The summed E-state index contributed by atoms with van der Waals surface area (Å²) in [6.07, 6.45) is 8.65. The van der Waals surface area contributed by atoms with Crippen LogP contribution in [-0.4, -0.2) is 46.7 Å². The summed E-state index contributed by atoms with van der Waals surface area (Å²) >= 11 is 0. The number of hydrogen-bond acceptors (Lipinski definition) is 5. The lowest BCUT2D eigenvalue weighted by atomic mass is 9.80. The van der Waals surface area contributed by atoms with E-state index >= 15 is 0 Å². The van der Waals surface area contributed by atoms with Gasteiger partial charge >= 0.3 is 12.1 Å². The first-order valence-corrected chi connectivity index (χ1v) is 7.44. The van der Waals surface area contributed by atoms with Gasteiger partial charge in [0.15, 0.2) is 5.41 Å². The number of likely N-dealkylation sites (tertiary alicyclic amines) is 1. The molecule has 0 bridgehead atoms. The number of carbonyl (C=O) groups is 2. The summed E-state index contributed by atoms with van der Waals surface area (Å²) in [4.78, 5) is 26.3. The summed E-state index contributed by atoms with van der Waals surface area (Å²) < 4.78 is 4.93. The normalized spacial score (nSPS) is 19.6. The highest BCUT2D eigenvalue weighted by molar-refractivity contribution is 5.78. The topological polar surface area (TPSA) is 93.9 Å². The van der Waals surface area contributed by atoms with Crippen LogP contribution in [0.2, 0.25) is 0 Å². The molecular weight excluding hydrogens is 298 g/mol. The van der Waals surface area contributed by atoms with Crippen molar-refractivity contribution in [1.29, 1.82) is 5.26 Å². The molecule has 0 radical (unpaired) electrons. The molecule has 0 aromatic rings. The number of carbonyl (C=O) groups excluding carboxylic acids is 1. The number of carboxylic acids is 1. The third kappa shape index (κ3) is 3.54. The van der Waals surface area contributed by atoms with Crippen LogP contribution in [0.15, 0.2) is 36.3 Å². The van der Waals surface area contributed by atoms with Crippen molar-refractivity contribution in [2.75, 3.05) is 19.7 Å². The van der Waals surface area contributed by atoms with Crippen LogP contribution in [0, 0.1) is 16.7 Å². The maximum atomic E-state index is 11.7. The first kappa shape index (κ1) is 16.6. The maximum Gasteiger partial charge on any atom is 0.417 e. The fourth-order valence-corrected chi connectivity index (χ4v) is 2.55. The van der Waals surface area contributed by atoms with Gasteiger partial charge in [-0.05, 0) is 38.0 Å². The Balaban J connectivity index is 2.03. The zero-order valence-corrected chi connectivity index (χ0v) is 12.9. The fourth-order valence-electron chi connectivity index (χ4n) is 2.55. The molecule has 0 aromatic carbocycles. The molecule has 1 amide bonds. The van der Waals surface area contributed by atoms with Crippen LogP contribution < -0.4 is 0 Å². The largest absolute Gasteiger partial charge is 0.480 e. The molecule has 0 unspecified atom stereocenters. The highest BCUT2D eigenvalue weighted by atomic mass is 16.6. The number of rotatable bonds is 3. The van der Waals surface area contributed by atoms with Crippen LogP contribution in [0.1, 0.15) is 19.8 Å². The first-order valence-electron chi connectivity index (χ1n) is 7.44. The minimum Gasteiger partial charge on any atom is -0.480 e. The number of allylic oxidation sites excluding steroid dienone is 3. The molecule has 1 N–H and O–H groups in total. The Morgan fingerprint density at radius 2 is 2.09 bits per heavy atom. The molecule has 7 heteroatoms. The summed E-state index contributed by atoms with van der Waals surface area (Å²) in [6.45, 7) is 2.99. The second-order valence-electron chi connectivity index (χ2n) is 5.34. The van der Waals surface area contributed by atoms with Crippen LogP contribution in [0.3, 0.4) is 0 Å². The smallest absolute Gasteiger partial charge is 0.417 e. The number of amides is 1. The molecule has 0 aliphatic carbocycles. The van der Waals surface area contributed by atoms with E-state index in [1.54, 1.807) is 31.5 Å². The van der Waals surface area contributed by atoms with Crippen molar-refractivity contribution < 1.29 is 19.4 Å². The van der Waals surface area contributed by atoms with E-state index < -0.39 is 17.5 Å². The Labute approximate surface area is 134 Å². The van der Waals surface area contributed by atoms with Crippen LogP contribution in [0.5, 0.6) is 0 Å². The molecule has 2 aliphatic rings. The predicted octanol–water partition coefficient (Wildman–Crippen LogP) is 2.06. The molecule has 23 heavy (non-hydrogen) atoms. The lowest BCUT2D eigenvalue weighted by molar-refractivity contribution is -0.147. The van der Waals surface area contributed by atoms with Crippen molar-refractivity contribution in [3.63, 3.8) is 0 Å². The van der Waals surface area contributed by atoms with Gasteiger partial charge in [0.25, 0.3) is 0 Å². The average Bonchev–Trinajstić information content (AvgIpc) is 2.81. The van der Waals surface area contributed by atoms with Gasteiger partial charge in [-0.1, -0.05) is 0 Å². The monoisotopic (exact) mass is 317 g/mol. The number of aliphatic carboxylic acids is 1. The molecule has 2 aliphatic heterocycles. The minimum absolute atomic E-state index is 0.273. The zero-order valence-electron chi connectivity index (χ0n) is 12.9. The van der Waals surface area contributed by atoms with Gasteiger partial charge in [0, 0.05) is 31.2 Å². The number of hydrogen-bond donors (Lipinski definition) is 1. The molecule has 1 saturated heterocycles. The summed E-state index contributed by atoms with van der Waals surface area (Å²) in [5, 5.41) is 18.4. The molecule has 0 saturated carbocycles. The second kappa shape index (κ2) is 7.01. The summed E-state index contributed by atoms with van der Waals surface area (Å²) in [5.41, 5.74) is -0.428. The number of nitriles is 1. The molecule has 1 fully saturated rings. The lowest BCUT2D eigenvalue weighted by Gasteiger charge is -2.36. The molecule has 0 aromatic heterocycles. The van der Waals surface area contributed by atoms with Gasteiger partial charge in [-0.25, -0.2) is 4.79 Å². The van der Waals surface area contributed by atoms with Gasteiger partial charge in [-0.15, -0.1) is 0 Å². The van der Waals surface area contributed by atoms with Crippen LogP contribution in [-0.2, 0) is 9.53 Å². The Bertz CT molecular complexity index is 607. The number of nitrogens with zero attached hydrogens (tertiary/aromatic N) is 3. The zero-order chi connectivity index (χ0) is 16.9. The van der Waals surface area contributed by atoms with Gasteiger partial charge < -0.3 is 14.7 Å². The minimum atomic E-state index is -1.29. The molecule has 0 spiro atoms. The molecule has 7 nitrogen and oxygen atoms in total. The van der Waals surface area contributed by atoms with E-state index in [4.69, 9.17) is 10.00 Å². The summed E-state index contributed by atoms with van der Waals surface area (Å²) in [6, 6.07) is 1.94. The Morgan fingerprint density at radius 3 is 2.65 bits per heavy atom. The van der Waals surface area contributed by atoms with Crippen LogP contribution in [0.4, 0.5) is 4.79 Å². The van der Waals surface area contributed by atoms with Crippen molar-refractivity contribution >= 4 is 12.1 Å². The van der Waals surface area contributed by atoms with E-state index in [2.05, 4.69) is 0 Å². The lowest BCUT2D eigenvalue weighted by Crippen LogP contribution is -2.43. The third-order valence-corrected chi connectivity index (χ3v) is 4.00. The van der Waals surface area contributed by atoms with E-state index in [1.807, 2.05) is 17.0 Å². The maximum absolute atomic E-state index is 11.7. The quantitative estimate of drug-likeness (QED) is 0.856. The highest BCUT2D eigenvalue weighted by Gasteiger charge is 2.42. The molecule has 122 valence electrons. The molecular formula is C16H19N3O4. The average molecular weight is 317 g/mol. The first-order chi connectivity index (χ1) is 11.0. The Hall–Kier alpha value is -2.75. The number of piperidine rings is 1. The van der Waals surface area contributed by atoms with Gasteiger partial charge in [-0.2, -0.15) is 5.26 Å². The van der Waals surface area contributed by atoms with E-state index in [-0.39, 0.29) is 12.8 Å². The van der Waals surface area contributed by atoms with Crippen molar-refractivity contribution in [2.45, 2.75) is 19.8 Å². The van der Waals surface area contributed by atoms with Gasteiger partial charge in [0.05, 0.1) is 12.7 Å².